The molecule has 0 radical (unpaired) electrons. The summed E-state index contributed by atoms with van der Waals surface area (Å²) in [5.74, 6) is -0.801. The predicted molar refractivity (Wildman–Crippen MR) is 80.8 cm³/mol. The van der Waals surface area contributed by atoms with Crippen LogP contribution >= 0.6 is 0 Å². The van der Waals surface area contributed by atoms with Gasteiger partial charge < -0.3 is 5.32 Å². The monoisotopic (exact) mass is 280 g/mol. The number of carbonyl (C=O) groups is 1. The minimum Gasteiger partial charge on any atom is -0.319 e. The van der Waals surface area contributed by atoms with Gasteiger partial charge in [-0.15, -0.1) is 0 Å². The van der Waals surface area contributed by atoms with Crippen LogP contribution < -0.4 is 5.32 Å². The van der Waals surface area contributed by atoms with Crippen molar-refractivity contribution < 1.29 is 9.18 Å². The van der Waals surface area contributed by atoms with E-state index in [4.69, 9.17) is 0 Å². The Morgan fingerprint density at radius 3 is 2.81 bits per heavy atom. The summed E-state index contributed by atoms with van der Waals surface area (Å²) < 4.78 is 13.7. The van der Waals surface area contributed by atoms with E-state index in [0.717, 1.165) is 16.5 Å². The Bertz CT molecular complexity index is 825. The Balaban J connectivity index is 1.99. The molecule has 21 heavy (non-hydrogen) atoms. The Labute approximate surface area is 121 Å². The van der Waals surface area contributed by atoms with E-state index in [0.29, 0.717) is 5.56 Å². The van der Waals surface area contributed by atoms with E-state index in [1.807, 2.05) is 31.2 Å². The standard InChI is InChI=1S/C17H13FN2O/c1-11-6-7-14(18)16(10-11)20-17(21)13-8-9-19-15-5-3-2-4-12(13)15/h2-10H,1H3,(H,20,21). The van der Waals surface area contributed by atoms with E-state index in [-0.39, 0.29) is 11.6 Å². The first-order valence-corrected chi connectivity index (χ1v) is 6.56. The molecule has 0 saturated carbocycles. The maximum atomic E-state index is 13.7. The van der Waals surface area contributed by atoms with Crippen LogP contribution in [-0.4, -0.2) is 10.9 Å². The zero-order chi connectivity index (χ0) is 14.8. The second-order valence-corrected chi connectivity index (χ2v) is 4.81. The second-order valence-electron chi connectivity index (χ2n) is 4.81. The van der Waals surface area contributed by atoms with Crippen molar-refractivity contribution >= 4 is 22.5 Å². The van der Waals surface area contributed by atoms with Gasteiger partial charge in [-0.2, -0.15) is 0 Å². The minimum absolute atomic E-state index is 0.181. The number of fused-ring (bicyclic) bond motifs is 1. The number of pyridine rings is 1. The molecule has 104 valence electrons. The van der Waals surface area contributed by atoms with Gasteiger partial charge in [0.15, 0.2) is 0 Å². The number of nitrogens with zero attached hydrogens (tertiary/aromatic N) is 1. The molecule has 1 amide bonds. The molecule has 0 aliphatic heterocycles. The van der Waals surface area contributed by atoms with Crippen molar-refractivity contribution in [1.29, 1.82) is 0 Å². The minimum atomic E-state index is -0.452. The molecule has 1 heterocycles. The maximum Gasteiger partial charge on any atom is 0.256 e. The van der Waals surface area contributed by atoms with Crippen LogP contribution in [0.15, 0.2) is 54.7 Å². The molecule has 2 aromatic carbocycles. The highest BCUT2D eigenvalue weighted by molar-refractivity contribution is 6.12. The molecule has 0 bridgehead atoms. The molecule has 0 saturated heterocycles. The van der Waals surface area contributed by atoms with Crippen molar-refractivity contribution in [1.82, 2.24) is 4.98 Å². The fraction of sp³-hybridized carbons (Fsp3) is 0.0588. The van der Waals surface area contributed by atoms with E-state index in [1.54, 1.807) is 24.4 Å². The van der Waals surface area contributed by atoms with Crippen molar-refractivity contribution in [3.63, 3.8) is 0 Å². The summed E-state index contributed by atoms with van der Waals surface area (Å²) >= 11 is 0. The fourth-order valence-corrected chi connectivity index (χ4v) is 2.22. The van der Waals surface area contributed by atoms with Gasteiger partial charge in [-0.25, -0.2) is 4.39 Å². The van der Waals surface area contributed by atoms with Crippen molar-refractivity contribution in [3.8, 4) is 0 Å². The topological polar surface area (TPSA) is 42.0 Å². The van der Waals surface area contributed by atoms with Crippen LogP contribution in [0.1, 0.15) is 15.9 Å². The summed E-state index contributed by atoms with van der Waals surface area (Å²) in [6.07, 6.45) is 1.57. The molecule has 0 spiro atoms. The van der Waals surface area contributed by atoms with Gasteiger partial charge >= 0.3 is 0 Å². The van der Waals surface area contributed by atoms with Gasteiger partial charge in [-0.1, -0.05) is 24.3 Å². The third-order valence-electron chi connectivity index (χ3n) is 3.26. The maximum absolute atomic E-state index is 13.7. The summed E-state index contributed by atoms with van der Waals surface area (Å²) in [6, 6.07) is 13.6. The molecule has 0 aliphatic carbocycles. The number of hydrogen-bond acceptors (Lipinski definition) is 2. The van der Waals surface area contributed by atoms with E-state index in [9.17, 15) is 9.18 Å². The number of rotatable bonds is 2. The normalized spacial score (nSPS) is 10.6. The number of anilines is 1. The molecule has 0 fully saturated rings. The summed E-state index contributed by atoms with van der Waals surface area (Å²) in [6.45, 7) is 1.84. The second kappa shape index (κ2) is 5.32. The Morgan fingerprint density at radius 2 is 1.95 bits per heavy atom. The lowest BCUT2D eigenvalue weighted by molar-refractivity contribution is 0.102. The largest absolute Gasteiger partial charge is 0.319 e. The number of aromatic nitrogens is 1. The number of halogens is 1. The van der Waals surface area contributed by atoms with Crippen LogP contribution in [0.4, 0.5) is 10.1 Å². The zero-order valence-electron chi connectivity index (χ0n) is 11.4. The van der Waals surface area contributed by atoms with Crippen molar-refractivity contribution in [2.75, 3.05) is 5.32 Å². The predicted octanol–water partition coefficient (Wildman–Crippen LogP) is 3.93. The van der Waals surface area contributed by atoms with Crippen LogP contribution in [0.5, 0.6) is 0 Å². The van der Waals surface area contributed by atoms with Gasteiger partial charge in [0, 0.05) is 11.6 Å². The zero-order valence-corrected chi connectivity index (χ0v) is 11.4. The SMILES string of the molecule is Cc1ccc(F)c(NC(=O)c2ccnc3ccccc23)c1. The van der Waals surface area contributed by atoms with Gasteiger partial charge in [0.1, 0.15) is 5.82 Å². The van der Waals surface area contributed by atoms with Crippen molar-refractivity contribution in [2.45, 2.75) is 6.92 Å². The molecule has 0 atom stereocenters. The first kappa shape index (κ1) is 13.2. The highest BCUT2D eigenvalue weighted by Gasteiger charge is 2.12. The molecule has 1 aromatic heterocycles. The Kier molecular flexibility index (Phi) is 3.36. The van der Waals surface area contributed by atoms with Crippen LogP contribution in [0.25, 0.3) is 10.9 Å². The van der Waals surface area contributed by atoms with Crippen molar-refractivity contribution in [3.05, 3.63) is 71.7 Å². The van der Waals surface area contributed by atoms with Gasteiger partial charge in [0.05, 0.1) is 16.8 Å². The van der Waals surface area contributed by atoms with E-state index < -0.39 is 5.82 Å². The molecule has 3 aromatic rings. The molecular formula is C17H13FN2O. The summed E-state index contributed by atoms with van der Waals surface area (Å²) in [5, 5.41) is 3.36. The van der Waals surface area contributed by atoms with Gasteiger partial charge in [0.2, 0.25) is 0 Å². The number of carbonyl (C=O) groups excluding carboxylic acids is 1. The van der Waals surface area contributed by atoms with Gasteiger partial charge in [-0.3, -0.25) is 9.78 Å². The van der Waals surface area contributed by atoms with Crippen LogP contribution in [0.2, 0.25) is 0 Å². The lowest BCUT2D eigenvalue weighted by Gasteiger charge is -2.09. The highest BCUT2D eigenvalue weighted by Crippen LogP contribution is 2.20. The first-order chi connectivity index (χ1) is 10.1. The first-order valence-electron chi connectivity index (χ1n) is 6.56. The smallest absolute Gasteiger partial charge is 0.256 e. The fourth-order valence-electron chi connectivity index (χ4n) is 2.22. The van der Waals surface area contributed by atoms with E-state index >= 15 is 0 Å². The number of benzene rings is 2. The molecule has 1 N–H and O–H groups in total. The summed E-state index contributed by atoms with van der Waals surface area (Å²) in [7, 11) is 0. The molecule has 4 heteroatoms. The third kappa shape index (κ3) is 2.60. The van der Waals surface area contributed by atoms with Gasteiger partial charge in [-0.05, 0) is 36.8 Å². The van der Waals surface area contributed by atoms with Crippen LogP contribution in [-0.2, 0) is 0 Å². The number of hydrogen-bond donors (Lipinski definition) is 1. The number of para-hydroxylation sites is 1. The van der Waals surface area contributed by atoms with Crippen molar-refractivity contribution in [2.24, 2.45) is 0 Å². The van der Waals surface area contributed by atoms with Crippen LogP contribution in [0, 0.1) is 12.7 Å². The number of nitrogens with one attached hydrogen (secondary N) is 1. The average molecular weight is 280 g/mol. The molecule has 3 nitrogen and oxygen atoms in total. The summed E-state index contributed by atoms with van der Waals surface area (Å²) in [4.78, 5) is 16.6. The molecule has 0 unspecified atom stereocenters. The van der Waals surface area contributed by atoms with E-state index in [2.05, 4.69) is 10.3 Å². The number of aryl methyl sites for hydroxylation is 1. The molecular weight excluding hydrogens is 267 g/mol. The quantitative estimate of drug-likeness (QED) is 0.772. The Hall–Kier alpha value is -2.75. The third-order valence-corrected chi connectivity index (χ3v) is 3.26. The average Bonchev–Trinajstić information content (AvgIpc) is 2.50. The Morgan fingerprint density at radius 1 is 1.14 bits per heavy atom. The van der Waals surface area contributed by atoms with Gasteiger partial charge in [0.25, 0.3) is 5.91 Å². The van der Waals surface area contributed by atoms with E-state index in [1.165, 1.54) is 6.07 Å². The highest BCUT2D eigenvalue weighted by atomic mass is 19.1. The molecule has 3 rings (SSSR count). The lowest BCUT2D eigenvalue weighted by Crippen LogP contribution is -2.13. The van der Waals surface area contributed by atoms with Crippen LogP contribution in [0.3, 0.4) is 0 Å². The summed E-state index contributed by atoms with van der Waals surface area (Å²) in [5.41, 5.74) is 2.27. The number of amides is 1. The lowest BCUT2D eigenvalue weighted by atomic mass is 10.1. The molecule has 0 aliphatic rings.